The van der Waals surface area contributed by atoms with E-state index in [1.165, 1.54) is 18.2 Å². The summed E-state index contributed by atoms with van der Waals surface area (Å²) < 4.78 is 4.91. The lowest BCUT2D eigenvalue weighted by atomic mass is 10.1. The van der Waals surface area contributed by atoms with Crippen molar-refractivity contribution in [3.63, 3.8) is 0 Å². The van der Waals surface area contributed by atoms with Crippen molar-refractivity contribution in [1.82, 2.24) is 5.32 Å². The van der Waals surface area contributed by atoms with Gasteiger partial charge in [0.1, 0.15) is 5.69 Å². The molecule has 1 atom stereocenters. The predicted molar refractivity (Wildman–Crippen MR) is 87.9 cm³/mol. The molecule has 1 aromatic rings. The number of nitrogens with zero attached hydrogens (tertiary/aromatic N) is 1. The summed E-state index contributed by atoms with van der Waals surface area (Å²) in [6.07, 6.45) is 2.72. The summed E-state index contributed by atoms with van der Waals surface area (Å²) in [4.78, 5) is 34.2. The Labute approximate surface area is 139 Å². The molecule has 0 heterocycles. The van der Waals surface area contributed by atoms with E-state index in [4.69, 9.17) is 4.74 Å². The lowest BCUT2D eigenvalue weighted by molar-refractivity contribution is -0.384. The maximum absolute atomic E-state index is 12.0. The summed E-state index contributed by atoms with van der Waals surface area (Å²) in [5.74, 6) is -1.17. The van der Waals surface area contributed by atoms with E-state index in [9.17, 15) is 19.7 Å². The second-order valence-electron chi connectivity index (χ2n) is 5.86. The van der Waals surface area contributed by atoms with E-state index in [0.29, 0.717) is 5.69 Å². The molecule has 1 aromatic carbocycles. The molecule has 1 aliphatic carbocycles. The number of amides is 1. The van der Waals surface area contributed by atoms with E-state index in [1.807, 2.05) is 13.8 Å². The lowest BCUT2D eigenvalue weighted by Gasteiger charge is -2.11. The van der Waals surface area contributed by atoms with E-state index in [2.05, 4.69) is 10.6 Å². The number of benzene rings is 1. The van der Waals surface area contributed by atoms with Crippen molar-refractivity contribution in [2.45, 2.75) is 45.2 Å². The van der Waals surface area contributed by atoms with Gasteiger partial charge in [0.15, 0.2) is 6.61 Å². The van der Waals surface area contributed by atoms with Crippen LogP contribution in [0.2, 0.25) is 0 Å². The van der Waals surface area contributed by atoms with E-state index in [1.54, 1.807) is 0 Å². The third-order valence-corrected chi connectivity index (χ3v) is 3.72. The summed E-state index contributed by atoms with van der Waals surface area (Å²) in [6.45, 7) is 3.35. The van der Waals surface area contributed by atoms with Crippen LogP contribution in [0.15, 0.2) is 18.2 Å². The Kier molecular flexibility index (Phi) is 5.73. The molecular formula is C16H21N3O5. The van der Waals surface area contributed by atoms with Gasteiger partial charge in [0.2, 0.25) is 0 Å². The highest BCUT2D eigenvalue weighted by Gasteiger charge is 2.26. The van der Waals surface area contributed by atoms with E-state index in [-0.39, 0.29) is 23.3 Å². The molecule has 8 nitrogen and oxygen atoms in total. The molecule has 2 rings (SSSR count). The summed E-state index contributed by atoms with van der Waals surface area (Å²) in [7, 11) is 0. The van der Waals surface area contributed by atoms with Crippen molar-refractivity contribution >= 4 is 23.3 Å². The molecular weight excluding hydrogens is 314 g/mol. The average Bonchev–Trinajstić information content (AvgIpc) is 3.36. The predicted octanol–water partition coefficient (Wildman–Crippen LogP) is 2.24. The highest BCUT2D eigenvalue weighted by atomic mass is 16.6. The van der Waals surface area contributed by atoms with Crippen LogP contribution >= 0.6 is 0 Å². The molecule has 1 fully saturated rings. The third-order valence-electron chi connectivity index (χ3n) is 3.72. The average molecular weight is 335 g/mol. The first-order valence-corrected chi connectivity index (χ1v) is 7.92. The summed E-state index contributed by atoms with van der Waals surface area (Å²) >= 11 is 0. The van der Waals surface area contributed by atoms with Crippen LogP contribution in [-0.2, 0) is 9.53 Å². The molecule has 0 radical (unpaired) electrons. The molecule has 8 heteroatoms. The number of rotatable bonds is 8. The van der Waals surface area contributed by atoms with E-state index < -0.39 is 23.4 Å². The number of nitro benzene ring substituents is 1. The number of carbonyl (C=O) groups is 2. The molecule has 1 saturated carbocycles. The molecule has 1 amide bonds. The van der Waals surface area contributed by atoms with Gasteiger partial charge in [0.25, 0.3) is 11.6 Å². The summed E-state index contributed by atoms with van der Waals surface area (Å²) in [5.41, 5.74) is 0.244. The molecule has 0 unspecified atom stereocenters. The van der Waals surface area contributed by atoms with Gasteiger partial charge in [-0.15, -0.1) is 0 Å². The second kappa shape index (κ2) is 7.76. The van der Waals surface area contributed by atoms with Gasteiger partial charge in [0, 0.05) is 18.2 Å². The minimum atomic E-state index is -0.768. The molecule has 2 N–H and O–H groups in total. The highest BCUT2D eigenvalue weighted by molar-refractivity contribution is 5.93. The Morgan fingerprint density at radius 1 is 1.42 bits per heavy atom. The van der Waals surface area contributed by atoms with Gasteiger partial charge in [-0.05, 0) is 38.3 Å². The fourth-order valence-corrected chi connectivity index (χ4v) is 2.01. The third kappa shape index (κ3) is 4.94. The van der Waals surface area contributed by atoms with Crippen LogP contribution in [0.1, 0.15) is 43.5 Å². The van der Waals surface area contributed by atoms with Gasteiger partial charge >= 0.3 is 5.97 Å². The molecule has 1 aliphatic rings. The van der Waals surface area contributed by atoms with E-state index >= 15 is 0 Å². The van der Waals surface area contributed by atoms with Crippen molar-refractivity contribution in [3.8, 4) is 0 Å². The second-order valence-corrected chi connectivity index (χ2v) is 5.86. The van der Waals surface area contributed by atoms with Crippen LogP contribution in [0.5, 0.6) is 0 Å². The van der Waals surface area contributed by atoms with Crippen molar-refractivity contribution in [1.29, 1.82) is 0 Å². The topological polar surface area (TPSA) is 111 Å². The SMILES string of the molecule is CC[C@@H](C)NC(=O)COC(=O)c1ccc(NC2CC2)c([N+](=O)[O-])c1. The van der Waals surface area contributed by atoms with Gasteiger partial charge in [-0.3, -0.25) is 14.9 Å². The van der Waals surface area contributed by atoms with Gasteiger partial charge in [-0.25, -0.2) is 4.79 Å². The number of ether oxygens (including phenoxy) is 1. The molecule has 24 heavy (non-hydrogen) atoms. The van der Waals surface area contributed by atoms with Crippen LogP contribution in [0.4, 0.5) is 11.4 Å². The monoisotopic (exact) mass is 335 g/mol. The molecule has 0 aliphatic heterocycles. The summed E-state index contributed by atoms with van der Waals surface area (Å²) in [6, 6.07) is 4.36. The number of hydrogen-bond donors (Lipinski definition) is 2. The van der Waals surface area contributed by atoms with Gasteiger partial charge in [-0.2, -0.15) is 0 Å². The molecule has 0 spiro atoms. The molecule has 130 valence electrons. The van der Waals surface area contributed by atoms with Crippen LogP contribution in [0.25, 0.3) is 0 Å². The smallest absolute Gasteiger partial charge is 0.338 e. The Morgan fingerprint density at radius 2 is 2.12 bits per heavy atom. The fourth-order valence-electron chi connectivity index (χ4n) is 2.01. The maximum atomic E-state index is 12.0. The maximum Gasteiger partial charge on any atom is 0.338 e. The van der Waals surface area contributed by atoms with Crippen LogP contribution in [0.3, 0.4) is 0 Å². The quantitative estimate of drug-likeness (QED) is 0.428. The Bertz CT molecular complexity index is 643. The normalized spacial score (nSPS) is 14.6. The molecule has 0 aromatic heterocycles. The number of anilines is 1. The molecule has 0 saturated heterocycles. The number of esters is 1. The van der Waals surface area contributed by atoms with Gasteiger partial charge in [-0.1, -0.05) is 6.92 Å². The fraction of sp³-hybridized carbons (Fsp3) is 0.500. The highest BCUT2D eigenvalue weighted by Crippen LogP contribution is 2.31. The van der Waals surface area contributed by atoms with Crippen LogP contribution in [0, 0.1) is 10.1 Å². The number of nitrogens with one attached hydrogen (secondary N) is 2. The zero-order valence-electron chi connectivity index (χ0n) is 13.7. The van der Waals surface area contributed by atoms with Crippen molar-refractivity contribution < 1.29 is 19.2 Å². The van der Waals surface area contributed by atoms with Gasteiger partial charge < -0.3 is 15.4 Å². The Hall–Kier alpha value is -2.64. The van der Waals surface area contributed by atoms with Crippen molar-refractivity contribution in [2.24, 2.45) is 0 Å². The standard InChI is InChI=1S/C16H21N3O5/c1-3-10(2)17-15(20)9-24-16(21)11-4-7-13(18-12-5-6-12)14(8-11)19(22)23/h4,7-8,10,12,18H,3,5-6,9H2,1-2H3,(H,17,20)/t10-/m1/s1. The van der Waals surface area contributed by atoms with Crippen LogP contribution < -0.4 is 10.6 Å². The molecule has 0 bridgehead atoms. The van der Waals surface area contributed by atoms with E-state index in [0.717, 1.165) is 19.3 Å². The first-order valence-electron chi connectivity index (χ1n) is 7.92. The van der Waals surface area contributed by atoms with Crippen molar-refractivity contribution in [3.05, 3.63) is 33.9 Å². The van der Waals surface area contributed by atoms with Crippen LogP contribution in [-0.4, -0.2) is 35.5 Å². The number of hydrogen-bond acceptors (Lipinski definition) is 6. The Morgan fingerprint density at radius 3 is 2.71 bits per heavy atom. The summed E-state index contributed by atoms with van der Waals surface area (Å²) in [5, 5.41) is 16.9. The zero-order valence-corrected chi connectivity index (χ0v) is 13.7. The largest absolute Gasteiger partial charge is 0.452 e. The first-order chi connectivity index (χ1) is 11.4. The Balaban J connectivity index is 1.99. The zero-order chi connectivity index (χ0) is 17.7. The number of carbonyl (C=O) groups excluding carboxylic acids is 2. The van der Waals surface area contributed by atoms with Crippen molar-refractivity contribution in [2.75, 3.05) is 11.9 Å². The van der Waals surface area contributed by atoms with Gasteiger partial charge in [0.05, 0.1) is 10.5 Å². The minimum Gasteiger partial charge on any atom is -0.452 e. The number of nitro groups is 1. The first kappa shape index (κ1) is 17.7. The minimum absolute atomic E-state index is 0.00919. The lowest BCUT2D eigenvalue weighted by Crippen LogP contribution is -2.35.